The molecule has 0 spiro atoms. The molecule has 0 fully saturated rings. The van der Waals surface area contributed by atoms with Crippen LogP contribution in [0.2, 0.25) is 0 Å². The number of carbonyl (C=O) groups is 4. The Hall–Kier alpha value is -2.02. The summed E-state index contributed by atoms with van der Waals surface area (Å²) in [7, 11) is 0. The second-order valence-electron chi connectivity index (χ2n) is 7.75. The number of rotatable bonds is 3. The molecular formula is C24H24N2O4Y-2. The van der Waals surface area contributed by atoms with E-state index >= 15 is 0 Å². The molecule has 4 rings (SSSR count). The molecule has 159 valence electrons. The van der Waals surface area contributed by atoms with Crippen LogP contribution in [0.4, 0.5) is 0 Å². The first-order chi connectivity index (χ1) is 14.2. The van der Waals surface area contributed by atoms with Gasteiger partial charge in [0.05, 0.1) is 11.1 Å². The number of nitrogens with zero attached hydrogens (tertiary/aromatic N) is 1. The van der Waals surface area contributed by atoms with Crippen LogP contribution in [0.15, 0.2) is 36.4 Å². The van der Waals surface area contributed by atoms with Gasteiger partial charge in [-0.3, -0.25) is 24.1 Å². The van der Waals surface area contributed by atoms with Crippen LogP contribution >= 0.6 is 0 Å². The van der Waals surface area contributed by atoms with Crippen molar-refractivity contribution in [2.45, 2.75) is 46.2 Å². The second-order valence-corrected chi connectivity index (χ2v) is 7.75. The first-order valence-electron chi connectivity index (χ1n) is 9.88. The first-order valence-corrected chi connectivity index (χ1v) is 9.88. The molecule has 7 heteroatoms. The van der Waals surface area contributed by atoms with Crippen LogP contribution < -0.4 is 0 Å². The molecule has 1 radical (unpaired) electrons. The summed E-state index contributed by atoms with van der Waals surface area (Å²) in [5.74, 6) is -1.51. The topological polar surface area (TPSA) is 95.3 Å². The van der Waals surface area contributed by atoms with E-state index in [0.29, 0.717) is 23.1 Å². The molecule has 1 aliphatic heterocycles. The summed E-state index contributed by atoms with van der Waals surface area (Å²) in [5.41, 5.74) is 10.7. The van der Waals surface area contributed by atoms with Gasteiger partial charge < -0.3 is 12.2 Å². The fraction of sp³-hybridized carbons (Fsp3) is 0.292. The van der Waals surface area contributed by atoms with Gasteiger partial charge in [0.1, 0.15) is 0 Å². The molecule has 1 N–H and O–H groups in total. The fourth-order valence-electron chi connectivity index (χ4n) is 3.67. The van der Waals surface area contributed by atoms with Gasteiger partial charge in [-0.1, -0.05) is 18.2 Å². The Morgan fingerprint density at radius 3 is 1.84 bits per heavy atom. The average Bonchev–Trinajstić information content (AvgIpc) is 3.08. The zero-order valence-electron chi connectivity index (χ0n) is 18.1. The minimum absolute atomic E-state index is 0. The monoisotopic (exact) mass is 493 g/mol. The molecule has 0 saturated carbocycles. The molecule has 1 atom stereocenters. The van der Waals surface area contributed by atoms with E-state index in [0.717, 1.165) is 11.1 Å². The van der Waals surface area contributed by atoms with Crippen LogP contribution in [0.25, 0.3) is 5.73 Å². The summed E-state index contributed by atoms with van der Waals surface area (Å²) in [6.45, 7) is 7.59. The average molecular weight is 493 g/mol. The van der Waals surface area contributed by atoms with Crippen molar-refractivity contribution < 1.29 is 51.9 Å². The van der Waals surface area contributed by atoms with Gasteiger partial charge in [0.2, 0.25) is 0 Å². The molecule has 2 amide bonds. The number of nitrogens with one attached hydrogen (secondary N) is 1. The molecule has 0 bridgehead atoms. The number of carbonyl (C=O) groups excluding carboxylic acids is 4. The van der Waals surface area contributed by atoms with Crippen molar-refractivity contribution in [1.82, 2.24) is 4.90 Å². The van der Waals surface area contributed by atoms with Crippen LogP contribution in [0, 0.1) is 6.42 Å². The van der Waals surface area contributed by atoms with Crippen molar-refractivity contribution in [3.05, 3.63) is 81.9 Å². The van der Waals surface area contributed by atoms with E-state index in [2.05, 4.69) is 0 Å². The van der Waals surface area contributed by atoms with Crippen molar-refractivity contribution in [3.63, 3.8) is 0 Å². The molecule has 6 nitrogen and oxygen atoms in total. The Labute approximate surface area is 207 Å². The SMILES string of the molecule is CC(C)N1C(=O)c2ccc(Cc3ccc4c(c3)C(=O)C([NH-])C4=O)cc2C1=O.C[CH-]C.[Y]. The van der Waals surface area contributed by atoms with Gasteiger partial charge in [-0.15, -0.1) is 0 Å². The van der Waals surface area contributed by atoms with Gasteiger partial charge in [-0.2, -0.15) is 13.8 Å². The maximum Gasteiger partial charge on any atom is 0.261 e. The van der Waals surface area contributed by atoms with Gasteiger partial charge in [0, 0.05) is 49.9 Å². The quantitative estimate of drug-likeness (QED) is 0.362. The normalized spacial score (nSPS) is 16.7. The molecule has 31 heavy (non-hydrogen) atoms. The fourth-order valence-corrected chi connectivity index (χ4v) is 3.67. The summed E-state index contributed by atoms with van der Waals surface area (Å²) < 4.78 is 0. The molecule has 0 saturated heterocycles. The van der Waals surface area contributed by atoms with Crippen molar-refractivity contribution in [3.8, 4) is 0 Å². The zero-order chi connectivity index (χ0) is 22.2. The number of fused-ring (bicyclic) bond motifs is 2. The van der Waals surface area contributed by atoms with Crippen LogP contribution in [-0.4, -0.2) is 40.4 Å². The Morgan fingerprint density at radius 2 is 1.29 bits per heavy atom. The molecular weight excluding hydrogens is 469 g/mol. The maximum absolute atomic E-state index is 12.5. The van der Waals surface area contributed by atoms with Crippen LogP contribution in [0.1, 0.15) is 80.3 Å². The summed E-state index contributed by atoms with van der Waals surface area (Å²) in [6, 6.07) is 8.58. The van der Waals surface area contributed by atoms with Gasteiger partial charge in [0.25, 0.3) is 11.8 Å². The third kappa shape index (κ3) is 4.62. The number of hydrogen-bond acceptors (Lipinski definition) is 4. The number of imide groups is 1. The largest absolute Gasteiger partial charge is 0.661 e. The van der Waals surface area contributed by atoms with Crippen molar-refractivity contribution in [2.24, 2.45) is 0 Å². The minimum atomic E-state index is -1.36. The Kier molecular flexibility index (Phi) is 8.20. The molecule has 2 aliphatic rings. The molecule has 1 heterocycles. The van der Waals surface area contributed by atoms with Crippen LogP contribution in [0.3, 0.4) is 0 Å². The summed E-state index contributed by atoms with van der Waals surface area (Å²) in [6.07, 6.45) is 2.45. The zero-order valence-corrected chi connectivity index (χ0v) is 20.9. The van der Waals surface area contributed by atoms with Crippen molar-refractivity contribution in [2.75, 3.05) is 0 Å². The summed E-state index contributed by atoms with van der Waals surface area (Å²) >= 11 is 0. The second kappa shape index (κ2) is 10.1. The predicted octanol–water partition coefficient (Wildman–Crippen LogP) is 4.31. The molecule has 0 aromatic heterocycles. The van der Waals surface area contributed by atoms with Gasteiger partial charge in [-0.05, 0) is 55.6 Å². The molecule has 2 aromatic rings. The third-order valence-corrected chi connectivity index (χ3v) is 5.05. The third-order valence-electron chi connectivity index (χ3n) is 5.05. The number of ketones is 2. The van der Waals surface area contributed by atoms with E-state index in [1.165, 1.54) is 4.90 Å². The van der Waals surface area contributed by atoms with E-state index in [1.807, 2.05) is 20.3 Å². The molecule has 1 unspecified atom stereocenters. The minimum Gasteiger partial charge on any atom is -0.661 e. The Balaban J connectivity index is 0.000000808. The summed E-state index contributed by atoms with van der Waals surface area (Å²) in [4.78, 5) is 50.1. The molecule has 1 aliphatic carbocycles. The van der Waals surface area contributed by atoms with Crippen LogP contribution in [-0.2, 0) is 39.1 Å². The smallest absolute Gasteiger partial charge is 0.261 e. The van der Waals surface area contributed by atoms with E-state index in [1.54, 1.807) is 50.2 Å². The predicted molar refractivity (Wildman–Crippen MR) is 114 cm³/mol. The van der Waals surface area contributed by atoms with Gasteiger partial charge >= 0.3 is 0 Å². The standard InChI is InChI=1S/C21H17N2O4.C3H7.Y/c1-10(2)23-20(26)14-6-4-12(9-16(14)21(23)27)7-11-3-5-13-15(8-11)19(25)17(22)18(13)24;1-3-2;/h3-6,8-10,17,22H,7H2,1-2H3;3H,1-2H3;/q2*-1;. The van der Waals surface area contributed by atoms with Gasteiger partial charge in [-0.25, -0.2) is 0 Å². The molecule has 2 aromatic carbocycles. The number of hydrogen-bond donors (Lipinski definition) is 0. The van der Waals surface area contributed by atoms with E-state index in [4.69, 9.17) is 5.73 Å². The van der Waals surface area contributed by atoms with E-state index in [9.17, 15) is 19.2 Å². The first kappa shape index (κ1) is 25.2. The van der Waals surface area contributed by atoms with Crippen molar-refractivity contribution >= 4 is 23.4 Å². The number of amides is 2. The Bertz CT molecular complexity index is 1060. The van der Waals surface area contributed by atoms with Gasteiger partial charge in [0.15, 0.2) is 11.6 Å². The van der Waals surface area contributed by atoms with Crippen LogP contribution in [0.5, 0.6) is 0 Å². The van der Waals surface area contributed by atoms with E-state index < -0.39 is 17.6 Å². The maximum atomic E-state index is 12.5. The number of benzene rings is 2. The van der Waals surface area contributed by atoms with E-state index in [-0.39, 0.29) is 56.1 Å². The summed E-state index contributed by atoms with van der Waals surface area (Å²) in [5, 5.41) is 0. The number of Topliss-reactive ketones (excluding diaryl/α,β-unsaturated/α-hetero) is 2. The Morgan fingerprint density at radius 1 is 0.839 bits per heavy atom. The van der Waals surface area contributed by atoms with Crippen molar-refractivity contribution in [1.29, 1.82) is 0 Å².